The molecule has 40 heavy (non-hydrogen) atoms. The topological polar surface area (TPSA) is 109 Å². The van der Waals surface area contributed by atoms with Gasteiger partial charge in [0.1, 0.15) is 6.10 Å². The number of amides is 2. The van der Waals surface area contributed by atoms with Crippen molar-refractivity contribution in [2.45, 2.75) is 123 Å². The molecule has 1 aromatic carbocycles. The van der Waals surface area contributed by atoms with Crippen LogP contribution < -0.4 is 10.9 Å². The standard InChI is InChI=1S/C32H48N4O4/c1-3-5-7-9-14-18-29(37)34-33-28-21-20-25-22-26(40-32(39)24-16-12-11-13-17-24)23-27(28)31(25)36-35-30(38)19-15-10-8-6-4-2/h11-13,16-17,25-27H,3-10,14-15,18-23H2,1-2H3,(H,34,37)(H,35,38)/b33-28+,36-31+/t25-,26+,27-/m0/s1. The van der Waals surface area contributed by atoms with Gasteiger partial charge in [0.05, 0.1) is 11.3 Å². The van der Waals surface area contributed by atoms with Crippen LogP contribution in [0.2, 0.25) is 0 Å². The minimum Gasteiger partial charge on any atom is -0.459 e. The van der Waals surface area contributed by atoms with Crippen molar-refractivity contribution in [3.63, 3.8) is 0 Å². The molecule has 8 nitrogen and oxygen atoms in total. The molecular weight excluding hydrogens is 504 g/mol. The molecule has 0 unspecified atom stereocenters. The molecule has 2 aliphatic carbocycles. The molecule has 1 aromatic rings. The monoisotopic (exact) mass is 552 g/mol. The van der Waals surface area contributed by atoms with Gasteiger partial charge in [-0.25, -0.2) is 15.6 Å². The number of rotatable bonds is 16. The first-order valence-electron chi connectivity index (χ1n) is 15.5. The predicted octanol–water partition coefficient (Wildman–Crippen LogP) is 6.70. The molecule has 2 bridgehead atoms. The lowest BCUT2D eigenvalue weighted by Crippen LogP contribution is -2.46. The first-order valence-corrected chi connectivity index (χ1v) is 15.5. The van der Waals surface area contributed by atoms with Gasteiger partial charge in [-0.3, -0.25) is 9.59 Å². The Bertz CT molecular complexity index is 1010. The number of ether oxygens (including phenoxy) is 1. The molecule has 0 aromatic heterocycles. The molecule has 2 saturated carbocycles. The van der Waals surface area contributed by atoms with Crippen molar-refractivity contribution in [1.29, 1.82) is 0 Å². The highest BCUT2D eigenvalue weighted by atomic mass is 16.5. The number of carbonyl (C=O) groups is 3. The molecule has 0 aliphatic heterocycles. The van der Waals surface area contributed by atoms with Gasteiger partial charge in [-0.2, -0.15) is 10.2 Å². The van der Waals surface area contributed by atoms with E-state index in [0.717, 1.165) is 62.8 Å². The first-order chi connectivity index (χ1) is 19.5. The lowest BCUT2D eigenvalue weighted by Gasteiger charge is -2.40. The van der Waals surface area contributed by atoms with Crippen molar-refractivity contribution in [1.82, 2.24) is 10.9 Å². The van der Waals surface area contributed by atoms with Crippen LogP contribution in [-0.4, -0.2) is 35.3 Å². The van der Waals surface area contributed by atoms with Crippen LogP contribution in [-0.2, 0) is 14.3 Å². The zero-order valence-electron chi connectivity index (χ0n) is 24.5. The maximum absolute atomic E-state index is 12.8. The summed E-state index contributed by atoms with van der Waals surface area (Å²) in [5.74, 6) is -0.588. The fourth-order valence-corrected chi connectivity index (χ4v) is 5.62. The van der Waals surface area contributed by atoms with Crippen molar-refractivity contribution < 1.29 is 19.1 Å². The van der Waals surface area contributed by atoms with Crippen molar-refractivity contribution in [3.05, 3.63) is 35.9 Å². The summed E-state index contributed by atoms with van der Waals surface area (Å²) in [6.07, 6.45) is 14.2. The van der Waals surface area contributed by atoms with E-state index >= 15 is 0 Å². The fraction of sp³-hybridized carbons (Fsp3) is 0.656. The Hall–Kier alpha value is -3.03. The fourth-order valence-electron chi connectivity index (χ4n) is 5.62. The second kappa shape index (κ2) is 17.6. The molecule has 0 saturated heterocycles. The van der Waals surface area contributed by atoms with Gasteiger partial charge in [0.25, 0.3) is 0 Å². The van der Waals surface area contributed by atoms with Crippen LogP contribution in [0.3, 0.4) is 0 Å². The number of fused-ring (bicyclic) bond motifs is 2. The summed E-state index contributed by atoms with van der Waals surface area (Å²) >= 11 is 0. The Morgan fingerprint density at radius 1 is 0.800 bits per heavy atom. The molecule has 220 valence electrons. The number of carbonyl (C=O) groups excluding carboxylic acids is 3. The van der Waals surface area contributed by atoms with Gasteiger partial charge in [0, 0.05) is 30.4 Å². The molecule has 3 rings (SSSR count). The van der Waals surface area contributed by atoms with Gasteiger partial charge in [-0.15, -0.1) is 0 Å². The molecule has 2 fully saturated rings. The van der Waals surface area contributed by atoms with E-state index in [1.165, 1.54) is 25.7 Å². The van der Waals surface area contributed by atoms with E-state index in [2.05, 4.69) is 34.9 Å². The van der Waals surface area contributed by atoms with Crippen LogP contribution in [0.25, 0.3) is 0 Å². The Balaban J connectivity index is 1.64. The van der Waals surface area contributed by atoms with Crippen LogP contribution in [0.15, 0.2) is 40.5 Å². The number of hydrazone groups is 2. The van der Waals surface area contributed by atoms with E-state index in [1.807, 2.05) is 18.2 Å². The molecule has 2 amide bonds. The van der Waals surface area contributed by atoms with Crippen LogP contribution in [0, 0.1) is 11.8 Å². The third kappa shape index (κ3) is 10.5. The van der Waals surface area contributed by atoms with Gasteiger partial charge in [-0.05, 0) is 50.7 Å². The average molecular weight is 553 g/mol. The molecule has 3 atom stereocenters. The smallest absolute Gasteiger partial charge is 0.338 e. The average Bonchev–Trinajstić information content (AvgIpc) is 2.96. The highest BCUT2D eigenvalue weighted by Gasteiger charge is 2.42. The van der Waals surface area contributed by atoms with E-state index in [4.69, 9.17) is 4.74 Å². The molecule has 8 heteroatoms. The number of hydrogen-bond acceptors (Lipinski definition) is 6. The molecule has 2 aliphatic rings. The van der Waals surface area contributed by atoms with Gasteiger partial charge in [0.2, 0.25) is 11.8 Å². The molecule has 2 N–H and O–H groups in total. The summed E-state index contributed by atoms with van der Waals surface area (Å²) in [5, 5.41) is 9.12. The van der Waals surface area contributed by atoms with Gasteiger partial charge in [-0.1, -0.05) is 83.4 Å². The third-order valence-electron chi connectivity index (χ3n) is 7.90. The lowest BCUT2D eigenvalue weighted by atomic mass is 9.68. The number of nitrogens with zero attached hydrogens (tertiary/aromatic N) is 2. The normalized spacial score (nSPS) is 22.2. The number of hydrogen-bond donors (Lipinski definition) is 2. The minimum absolute atomic E-state index is 0.0745. The molecule has 0 spiro atoms. The van der Waals surface area contributed by atoms with E-state index in [1.54, 1.807) is 12.1 Å². The Kier molecular flexibility index (Phi) is 13.9. The second-order valence-electron chi connectivity index (χ2n) is 11.2. The van der Waals surface area contributed by atoms with E-state index < -0.39 is 0 Å². The number of esters is 1. The Morgan fingerprint density at radius 3 is 2.02 bits per heavy atom. The van der Waals surface area contributed by atoms with Crippen LogP contribution in [0.1, 0.15) is 127 Å². The third-order valence-corrected chi connectivity index (χ3v) is 7.90. The van der Waals surface area contributed by atoms with Gasteiger partial charge in [0.15, 0.2) is 0 Å². The Morgan fingerprint density at radius 2 is 1.40 bits per heavy atom. The maximum Gasteiger partial charge on any atom is 0.338 e. The van der Waals surface area contributed by atoms with Gasteiger partial charge < -0.3 is 4.74 Å². The minimum atomic E-state index is -0.338. The van der Waals surface area contributed by atoms with Crippen LogP contribution >= 0.6 is 0 Å². The van der Waals surface area contributed by atoms with E-state index in [9.17, 15) is 14.4 Å². The van der Waals surface area contributed by atoms with Crippen molar-refractivity contribution in [2.24, 2.45) is 22.0 Å². The largest absolute Gasteiger partial charge is 0.459 e. The number of benzene rings is 1. The Labute approximate surface area is 239 Å². The summed E-state index contributed by atoms with van der Waals surface area (Å²) < 4.78 is 5.91. The molecular formula is C32H48N4O4. The summed E-state index contributed by atoms with van der Waals surface area (Å²) in [6, 6.07) is 9.01. The van der Waals surface area contributed by atoms with E-state index in [-0.39, 0.29) is 35.7 Å². The summed E-state index contributed by atoms with van der Waals surface area (Å²) in [7, 11) is 0. The van der Waals surface area contributed by atoms with E-state index in [0.29, 0.717) is 31.2 Å². The zero-order valence-corrected chi connectivity index (χ0v) is 24.5. The quantitative estimate of drug-likeness (QED) is 0.135. The highest BCUT2D eigenvalue weighted by Crippen LogP contribution is 2.38. The molecule has 0 heterocycles. The highest BCUT2D eigenvalue weighted by molar-refractivity contribution is 6.11. The zero-order chi connectivity index (χ0) is 28.6. The summed E-state index contributed by atoms with van der Waals surface area (Å²) in [6.45, 7) is 4.35. The number of nitrogens with one attached hydrogen (secondary N) is 2. The summed E-state index contributed by atoms with van der Waals surface area (Å²) in [5.41, 5.74) is 7.78. The maximum atomic E-state index is 12.8. The van der Waals surface area contributed by atoms with Crippen molar-refractivity contribution in [2.75, 3.05) is 0 Å². The second-order valence-corrected chi connectivity index (χ2v) is 11.2. The van der Waals surface area contributed by atoms with Crippen molar-refractivity contribution >= 4 is 29.2 Å². The lowest BCUT2D eigenvalue weighted by molar-refractivity contribution is -0.122. The SMILES string of the molecule is CCCCCCCC(=O)N/N=C1\CC[C@H]2C[C@@H](OC(=O)c3ccccc3)C[C@@H]1/C2=N/NC(=O)CCCCCCC. The summed E-state index contributed by atoms with van der Waals surface area (Å²) in [4.78, 5) is 37.7. The van der Waals surface area contributed by atoms with Crippen molar-refractivity contribution in [3.8, 4) is 0 Å². The van der Waals surface area contributed by atoms with Crippen LogP contribution in [0.4, 0.5) is 0 Å². The van der Waals surface area contributed by atoms with Gasteiger partial charge >= 0.3 is 5.97 Å². The predicted molar refractivity (Wildman–Crippen MR) is 159 cm³/mol. The van der Waals surface area contributed by atoms with Crippen LogP contribution in [0.5, 0.6) is 0 Å². The first kappa shape index (κ1) is 31.5. The number of unbranched alkanes of at least 4 members (excludes halogenated alkanes) is 8. The molecule has 0 radical (unpaired) electrons.